The molecule has 1 fully saturated rings. The number of carbonyl (C=O) groups excluding carboxylic acids is 1. The zero-order valence-corrected chi connectivity index (χ0v) is 20.3. The molecular weight excluding hydrogens is 422 g/mol. The van der Waals surface area contributed by atoms with Crippen LogP contribution >= 0.6 is 0 Å². The highest BCUT2D eigenvalue weighted by Crippen LogP contribution is 2.40. The van der Waals surface area contributed by atoms with Crippen molar-refractivity contribution in [2.75, 3.05) is 6.61 Å². The number of ether oxygens (including phenoxy) is 1. The molecule has 1 heterocycles. The lowest BCUT2D eigenvalue weighted by molar-refractivity contribution is -0.253. The zero-order chi connectivity index (χ0) is 24.8. The molecule has 5 N–H and O–H groups in total. The zero-order valence-electron chi connectivity index (χ0n) is 20.3. The van der Waals surface area contributed by atoms with Crippen LogP contribution in [0.15, 0.2) is 58.7 Å². The molecule has 2 rings (SSSR count). The molecule has 184 valence electrons. The van der Waals surface area contributed by atoms with Crippen molar-refractivity contribution in [2.45, 2.75) is 84.5 Å². The van der Waals surface area contributed by atoms with Crippen molar-refractivity contribution in [3.63, 3.8) is 0 Å². The van der Waals surface area contributed by atoms with Crippen LogP contribution < -0.4 is 5.32 Å². The topological polar surface area (TPSA) is 119 Å². The van der Waals surface area contributed by atoms with E-state index in [1.807, 2.05) is 19.1 Å². The SMILES string of the molecule is CC1=C(/C=C/C(C)=C/C=C/C(C)=C/C(=O)N[C@@H]2[C@@H](O)[C@H](O)[C@@H](CO)O[C@H]2O)C(C)(C)CCC1. The molecule has 1 saturated heterocycles. The largest absolute Gasteiger partial charge is 0.394 e. The molecule has 1 aliphatic carbocycles. The fourth-order valence-electron chi connectivity index (χ4n) is 4.35. The van der Waals surface area contributed by atoms with E-state index in [0.717, 1.165) is 12.0 Å². The monoisotopic (exact) mass is 461 g/mol. The van der Waals surface area contributed by atoms with E-state index in [1.54, 1.807) is 13.0 Å². The van der Waals surface area contributed by atoms with Gasteiger partial charge in [0.15, 0.2) is 6.29 Å². The lowest BCUT2D eigenvalue weighted by Gasteiger charge is -2.40. The quantitative estimate of drug-likeness (QED) is 0.293. The van der Waals surface area contributed by atoms with Gasteiger partial charge in [-0.15, -0.1) is 0 Å². The van der Waals surface area contributed by atoms with Gasteiger partial charge in [0.1, 0.15) is 24.4 Å². The summed E-state index contributed by atoms with van der Waals surface area (Å²) in [5, 5.41) is 41.6. The number of hydrogen-bond acceptors (Lipinski definition) is 6. The second kappa shape index (κ2) is 11.9. The van der Waals surface area contributed by atoms with E-state index in [-0.39, 0.29) is 5.41 Å². The third-order valence-electron chi connectivity index (χ3n) is 6.34. The lowest BCUT2D eigenvalue weighted by atomic mass is 9.72. The van der Waals surface area contributed by atoms with Gasteiger partial charge in [0, 0.05) is 6.08 Å². The van der Waals surface area contributed by atoms with Crippen LogP contribution in [0.4, 0.5) is 0 Å². The van der Waals surface area contributed by atoms with Gasteiger partial charge in [-0.05, 0) is 56.6 Å². The van der Waals surface area contributed by atoms with E-state index in [4.69, 9.17) is 9.84 Å². The minimum atomic E-state index is -1.54. The van der Waals surface area contributed by atoms with Gasteiger partial charge in [-0.1, -0.05) is 55.4 Å². The van der Waals surface area contributed by atoms with Crippen LogP contribution in [0, 0.1) is 5.41 Å². The van der Waals surface area contributed by atoms with Crippen LogP contribution in [0.2, 0.25) is 0 Å². The first-order valence-corrected chi connectivity index (χ1v) is 11.5. The smallest absolute Gasteiger partial charge is 0.244 e. The van der Waals surface area contributed by atoms with Crippen LogP contribution in [-0.2, 0) is 9.53 Å². The molecule has 0 aromatic heterocycles. The minimum Gasteiger partial charge on any atom is -0.394 e. The molecule has 2 aliphatic rings. The molecule has 0 unspecified atom stereocenters. The first-order valence-electron chi connectivity index (χ1n) is 11.5. The Morgan fingerprint density at radius 1 is 1.15 bits per heavy atom. The number of nitrogens with one attached hydrogen (secondary N) is 1. The Morgan fingerprint density at radius 2 is 1.85 bits per heavy atom. The van der Waals surface area contributed by atoms with Gasteiger partial charge in [-0.2, -0.15) is 0 Å². The van der Waals surface area contributed by atoms with E-state index in [2.05, 4.69) is 38.2 Å². The first kappa shape index (κ1) is 27.2. The van der Waals surface area contributed by atoms with E-state index >= 15 is 0 Å². The van der Waals surface area contributed by atoms with Crippen molar-refractivity contribution in [1.29, 1.82) is 0 Å². The van der Waals surface area contributed by atoms with E-state index in [1.165, 1.54) is 30.1 Å². The number of aliphatic hydroxyl groups is 4. The molecule has 1 amide bonds. The maximum atomic E-state index is 12.3. The number of allylic oxidation sites excluding steroid dienone is 9. The summed E-state index contributed by atoms with van der Waals surface area (Å²) in [7, 11) is 0. The molecule has 0 aromatic carbocycles. The molecular formula is C26H39NO6. The van der Waals surface area contributed by atoms with Crippen molar-refractivity contribution < 1.29 is 30.0 Å². The Bertz CT molecular complexity index is 851. The second-order valence-electron chi connectivity index (χ2n) is 9.69. The van der Waals surface area contributed by atoms with Crippen molar-refractivity contribution in [2.24, 2.45) is 5.41 Å². The molecule has 0 bridgehead atoms. The van der Waals surface area contributed by atoms with Gasteiger partial charge in [-0.3, -0.25) is 4.79 Å². The second-order valence-corrected chi connectivity index (χ2v) is 9.69. The van der Waals surface area contributed by atoms with Gasteiger partial charge in [-0.25, -0.2) is 0 Å². The van der Waals surface area contributed by atoms with Crippen LogP contribution in [-0.4, -0.2) is 63.6 Å². The van der Waals surface area contributed by atoms with Crippen LogP contribution in [0.5, 0.6) is 0 Å². The maximum Gasteiger partial charge on any atom is 0.244 e. The molecule has 33 heavy (non-hydrogen) atoms. The Labute approximate surface area is 196 Å². The highest BCUT2D eigenvalue weighted by Gasteiger charge is 2.44. The maximum absolute atomic E-state index is 12.3. The summed E-state index contributed by atoms with van der Waals surface area (Å²) in [5.74, 6) is -0.541. The van der Waals surface area contributed by atoms with Gasteiger partial charge in [0.25, 0.3) is 0 Å². The average molecular weight is 462 g/mol. The molecule has 1 aliphatic heterocycles. The summed E-state index contributed by atoms with van der Waals surface area (Å²) >= 11 is 0. The standard InChI is InChI=1S/C26H39NO6/c1-16(11-12-19-18(3)10-7-13-26(19,4)5)8-6-9-17(2)14-21(29)27-22-24(31)23(30)20(15-28)33-25(22)32/h6,8-9,11-12,14,20,22-25,28,30-32H,7,10,13,15H2,1-5H3,(H,27,29)/b9-6+,12-11+,16-8+,17-14+/t20-,22-,23-,24-,25-/m1/s1. The highest BCUT2D eigenvalue weighted by atomic mass is 16.6. The molecule has 7 heteroatoms. The van der Waals surface area contributed by atoms with Crippen molar-refractivity contribution in [3.05, 3.63) is 58.7 Å². The predicted octanol–water partition coefficient (Wildman–Crippen LogP) is 2.43. The summed E-state index contributed by atoms with van der Waals surface area (Å²) in [6.07, 6.45) is 9.30. The normalized spacial score (nSPS) is 31.5. The Morgan fingerprint density at radius 3 is 2.48 bits per heavy atom. The Hall–Kier alpha value is -2.03. The van der Waals surface area contributed by atoms with Crippen LogP contribution in [0.1, 0.15) is 53.9 Å². The van der Waals surface area contributed by atoms with Crippen molar-refractivity contribution >= 4 is 5.91 Å². The molecule has 0 saturated carbocycles. The number of carbonyl (C=O) groups is 1. The third-order valence-corrected chi connectivity index (χ3v) is 6.34. The number of aliphatic hydroxyl groups excluding tert-OH is 4. The lowest BCUT2D eigenvalue weighted by Crippen LogP contribution is -2.64. The number of rotatable bonds is 7. The molecule has 5 atom stereocenters. The molecule has 7 nitrogen and oxygen atoms in total. The van der Waals surface area contributed by atoms with Crippen molar-refractivity contribution in [1.82, 2.24) is 5.32 Å². The third kappa shape index (κ3) is 7.48. The van der Waals surface area contributed by atoms with E-state index < -0.39 is 43.2 Å². The van der Waals surface area contributed by atoms with Crippen LogP contribution in [0.3, 0.4) is 0 Å². The van der Waals surface area contributed by atoms with Gasteiger partial charge in [0.2, 0.25) is 5.91 Å². The number of hydrogen-bond donors (Lipinski definition) is 5. The summed E-state index contributed by atoms with van der Waals surface area (Å²) in [5.41, 5.74) is 4.81. The highest BCUT2D eigenvalue weighted by molar-refractivity contribution is 5.88. The van der Waals surface area contributed by atoms with Gasteiger partial charge in [0.05, 0.1) is 6.61 Å². The van der Waals surface area contributed by atoms with E-state index in [0.29, 0.717) is 5.57 Å². The van der Waals surface area contributed by atoms with Gasteiger partial charge >= 0.3 is 0 Å². The predicted molar refractivity (Wildman–Crippen MR) is 128 cm³/mol. The van der Waals surface area contributed by atoms with E-state index in [9.17, 15) is 20.1 Å². The summed E-state index contributed by atoms with van der Waals surface area (Å²) in [4.78, 5) is 12.3. The minimum absolute atomic E-state index is 0.196. The number of amides is 1. The average Bonchev–Trinajstić information content (AvgIpc) is 2.72. The Balaban J connectivity index is 1.96. The van der Waals surface area contributed by atoms with Crippen molar-refractivity contribution in [3.8, 4) is 0 Å². The Kier molecular flexibility index (Phi) is 9.82. The molecule has 0 spiro atoms. The molecule has 0 radical (unpaired) electrons. The summed E-state index contributed by atoms with van der Waals surface area (Å²) in [6.45, 7) is 10.0. The molecule has 0 aromatic rings. The fraction of sp³-hybridized carbons (Fsp3) is 0.577. The van der Waals surface area contributed by atoms with Crippen LogP contribution in [0.25, 0.3) is 0 Å². The summed E-state index contributed by atoms with van der Waals surface area (Å²) < 4.78 is 5.04. The fourth-order valence-corrected chi connectivity index (χ4v) is 4.35. The first-order chi connectivity index (χ1) is 15.5. The summed E-state index contributed by atoms with van der Waals surface area (Å²) in [6, 6.07) is -1.21. The van der Waals surface area contributed by atoms with Gasteiger partial charge < -0.3 is 30.5 Å².